The van der Waals surface area contributed by atoms with Crippen molar-refractivity contribution in [3.05, 3.63) is 18.2 Å². The molecule has 4 amide bonds. The second-order valence-electron chi connectivity index (χ2n) is 8.66. The Bertz CT molecular complexity index is 953. The van der Waals surface area contributed by atoms with Crippen LogP contribution in [0.2, 0.25) is 0 Å². The molecule has 1 heterocycles. The summed E-state index contributed by atoms with van der Waals surface area (Å²) in [4.78, 5) is 79.0. The Morgan fingerprint density at radius 1 is 0.973 bits per heavy atom. The van der Waals surface area contributed by atoms with E-state index in [2.05, 4.69) is 25.9 Å². The Morgan fingerprint density at radius 3 is 2.11 bits per heavy atom. The number of hydrogen-bond donors (Lipinski definition) is 8. The van der Waals surface area contributed by atoms with Crippen LogP contribution in [-0.2, 0) is 35.2 Å². The van der Waals surface area contributed by atoms with Crippen molar-refractivity contribution in [3.8, 4) is 0 Å². The molecule has 1 rings (SSSR count). The average Bonchev–Trinajstić information content (AvgIpc) is 3.34. The van der Waals surface area contributed by atoms with Crippen molar-refractivity contribution in [3.63, 3.8) is 0 Å². The van der Waals surface area contributed by atoms with Gasteiger partial charge >= 0.3 is 11.9 Å². The molecule has 206 valence electrons. The van der Waals surface area contributed by atoms with Gasteiger partial charge in [0.2, 0.25) is 23.6 Å². The molecular formula is C22H35N7O8. The minimum absolute atomic E-state index is 0.0843. The number of nitrogens with zero attached hydrogens (tertiary/aromatic N) is 1. The maximum Gasteiger partial charge on any atom is 0.326 e. The highest BCUT2D eigenvalue weighted by atomic mass is 16.4. The number of nitrogens with one attached hydrogen (secondary N) is 4. The van der Waals surface area contributed by atoms with Crippen LogP contribution >= 0.6 is 0 Å². The number of carbonyl (C=O) groups excluding carboxylic acids is 4. The summed E-state index contributed by atoms with van der Waals surface area (Å²) in [6.45, 7) is 3.42. The monoisotopic (exact) mass is 525 g/mol. The molecule has 0 spiro atoms. The van der Waals surface area contributed by atoms with Gasteiger partial charge in [-0.05, 0) is 18.8 Å². The lowest BCUT2D eigenvalue weighted by molar-refractivity contribution is -0.144. The number of imidazole rings is 1. The van der Waals surface area contributed by atoms with E-state index < -0.39 is 65.7 Å². The minimum atomic E-state index is -1.34. The van der Waals surface area contributed by atoms with Crippen LogP contribution in [0.3, 0.4) is 0 Å². The van der Waals surface area contributed by atoms with Crippen LogP contribution in [0.25, 0.3) is 0 Å². The molecule has 0 aliphatic heterocycles. The maximum absolute atomic E-state index is 13.1. The third kappa shape index (κ3) is 11.1. The lowest BCUT2D eigenvalue weighted by Crippen LogP contribution is -2.58. The standard InChI is InChI=1S/C22H35N7O8/c1-3-11(2)18(22(36)37)29-21(35)15(8-12-9-25-10-26-12)28-20(34)14(5-6-16(24)30)27-19(33)13(23)4-7-17(31)32/h9-11,13-15,18H,3-8,23H2,1-2H3,(H2,24,30)(H,25,26)(H,27,33)(H,28,34)(H,29,35)(H,31,32)(H,36,37). The minimum Gasteiger partial charge on any atom is -0.481 e. The zero-order valence-electron chi connectivity index (χ0n) is 20.7. The van der Waals surface area contributed by atoms with Crippen LogP contribution in [0.1, 0.15) is 51.6 Å². The van der Waals surface area contributed by atoms with Gasteiger partial charge < -0.3 is 42.6 Å². The van der Waals surface area contributed by atoms with E-state index in [0.717, 1.165) is 0 Å². The summed E-state index contributed by atoms with van der Waals surface area (Å²) < 4.78 is 0. The highest BCUT2D eigenvalue weighted by Gasteiger charge is 2.32. The van der Waals surface area contributed by atoms with Crippen molar-refractivity contribution >= 4 is 35.6 Å². The molecule has 5 atom stereocenters. The third-order valence-corrected chi connectivity index (χ3v) is 5.71. The zero-order valence-corrected chi connectivity index (χ0v) is 20.7. The predicted octanol–water partition coefficient (Wildman–Crippen LogP) is -2.01. The van der Waals surface area contributed by atoms with E-state index in [1.807, 2.05) is 0 Å². The Kier molecular flexibility index (Phi) is 12.7. The first-order valence-electron chi connectivity index (χ1n) is 11.7. The Hall–Kier alpha value is -4.01. The van der Waals surface area contributed by atoms with Crippen LogP contribution in [0.15, 0.2) is 12.5 Å². The van der Waals surface area contributed by atoms with E-state index in [1.54, 1.807) is 13.8 Å². The number of aromatic nitrogens is 2. The summed E-state index contributed by atoms with van der Waals surface area (Å²) >= 11 is 0. The summed E-state index contributed by atoms with van der Waals surface area (Å²) in [5.74, 6) is -6.01. The number of carboxylic acids is 2. The van der Waals surface area contributed by atoms with E-state index in [-0.39, 0.29) is 32.1 Å². The van der Waals surface area contributed by atoms with E-state index in [9.17, 15) is 33.9 Å². The first kappa shape index (κ1) is 31.0. The molecule has 0 saturated heterocycles. The molecule has 0 saturated carbocycles. The number of carboxylic acid groups (broad SMARTS) is 2. The lowest BCUT2D eigenvalue weighted by Gasteiger charge is -2.26. The number of H-pyrrole nitrogens is 1. The van der Waals surface area contributed by atoms with Gasteiger partial charge in [-0.1, -0.05) is 20.3 Å². The predicted molar refractivity (Wildman–Crippen MR) is 128 cm³/mol. The molecule has 5 unspecified atom stereocenters. The van der Waals surface area contributed by atoms with Crippen LogP contribution in [0.5, 0.6) is 0 Å². The van der Waals surface area contributed by atoms with Crippen LogP contribution in [0.4, 0.5) is 0 Å². The summed E-state index contributed by atoms with van der Waals surface area (Å²) in [5.41, 5.74) is 11.3. The second-order valence-corrected chi connectivity index (χ2v) is 8.66. The van der Waals surface area contributed by atoms with Gasteiger partial charge in [0.05, 0.1) is 12.4 Å². The molecule has 0 fully saturated rings. The molecule has 10 N–H and O–H groups in total. The van der Waals surface area contributed by atoms with Gasteiger partial charge in [0.25, 0.3) is 0 Å². The first-order chi connectivity index (χ1) is 17.3. The molecule has 37 heavy (non-hydrogen) atoms. The fraction of sp³-hybridized carbons (Fsp3) is 0.591. The number of hydrogen-bond acceptors (Lipinski definition) is 8. The van der Waals surface area contributed by atoms with E-state index in [0.29, 0.717) is 12.1 Å². The number of aromatic amines is 1. The maximum atomic E-state index is 13.1. The Labute approximate surface area is 213 Å². The number of amides is 4. The van der Waals surface area contributed by atoms with Crippen molar-refractivity contribution in [1.82, 2.24) is 25.9 Å². The number of carbonyl (C=O) groups is 6. The molecule has 1 aromatic rings. The molecule has 0 aromatic carbocycles. The van der Waals surface area contributed by atoms with Gasteiger partial charge in [0.1, 0.15) is 18.1 Å². The van der Waals surface area contributed by atoms with Gasteiger partial charge in [-0.15, -0.1) is 0 Å². The van der Waals surface area contributed by atoms with Gasteiger partial charge in [-0.3, -0.25) is 24.0 Å². The topological polar surface area (TPSA) is 260 Å². The number of aliphatic carboxylic acids is 2. The summed E-state index contributed by atoms with van der Waals surface area (Å²) in [6, 6.07) is -5.06. The number of primary amides is 1. The normalized spacial score (nSPS) is 14.9. The third-order valence-electron chi connectivity index (χ3n) is 5.71. The van der Waals surface area contributed by atoms with Crippen molar-refractivity contribution < 1.29 is 39.0 Å². The van der Waals surface area contributed by atoms with Crippen molar-refractivity contribution in [1.29, 1.82) is 0 Å². The molecular weight excluding hydrogens is 490 g/mol. The van der Waals surface area contributed by atoms with Crippen molar-refractivity contribution in [2.75, 3.05) is 0 Å². The number of nitrogens with two attached hydrogens (primary N) is 2. The van der Waals surface area contributed by atoms with Gasteiger partial charge in [0.15, 0.2) is 0 Å². The summed E-state index contributed by atoms with van der Waals surface area (Å²) in [7, 11) is 0. The highest BCUT2D eigenvalue weighted by Crippen LogP contribution is 2.10. The molecule has 15 nitrogen and oxygen atoms in total. The summed E-state index contributed by atoms with van der Waals surface area (Å²) in [5, 5.41) is 25.6. The van der Waals surface area contributed by atoms with Crippen LogP contribution < -0.4 is 27.4 Å². The van der Waals surface area contributed by atoms with E-state index in [1.165, 1.54) is 12.5 Å². The fourth-order valence-electron chi connectivity index (χ4n) is 3.28. The first-order valence-corrected chi connectivity index (χ1v) is 11.7. The molecule has 0 bridgehead atoms. The average molecular weight is 526 g/mol. The largest absolute Gasteiger partial charge is 0.481 e. The van der Waals surface area contributed by atoms with Gasteiger partial charge in [-0.25, -0.2) is 9.78 Å². The highest BCUT2D eigenvalue weighted by molar-refractivity contribution is 5.94. The fourth-order valence-corrected chi connectivity index (χ4v) is 3.28. The lowest BCUT2D eigenvalue weighted by atomic mass is 9.98. The summed E-state index contributed by atoms with van der Waals surface area (Å²) in [6.07, 6.45) is 2.10. The molecule has 0 radical (unpaired) electrons. The molecule has 0 aliphatic carbocycles. The van der Waals surface area contributed by atoms with Crippen LogP contribution in [0, 0.1) is 5.92 Å². The molecule has 1 aromatic heterocycles. The quantitative estimate of drug-likeness (QED) is 0.111. The van der Waals surface area contributed by atoms with E-state index in [4.69, 9.17) is 16.6 Å². The second kappa shape index (κ2) is 15.2. The van der Waals surface area contributed by atoms with Crippen LogP contribution in [-0.4, -0.2) is 79.9 Å². The van der Waals surface area contributed by atoms with Gasteiger partial charge in [-0.2, -0.15) is 0 Å². The molecule has 15 heteroatoms. The molecule has 0 aliphatic rings. The van der Waals surface area contributed by atoms with E-state index >= 15 is 0 Å². The smallest absolute Gasteiger partial charge is 0.326 e. The van der Waals surface area contributed by atoms with Crippen molar-refractivity contribution in [2.24, 2.45) is 17.4 Å². The van der Waals surface area contributed by atoms with Crippen molar-refractivity contribution in [2.45, 2.75) is 76.5 Å². The number of rotatable bonds is 17. The van der Waals surface area contributed by atoms with Gasteiger partial charge in [0, 0.05) is 31.2 Å². The zero-order chi connectivity index (χ0) is 28.1. The Morgan fingerprint density at radius 2 is 1.59 bits per heavy atom. The Balaban J connectivity index is 3.09. The SMILES string of the molecule is CCC(C)C(NC(=O)C(Cc1cnc[nH]1)NC(=O)C(CCC(N)=O)NC(=O)C(N)CCC(=O)O)C(=O)O.